The van der Waals surface area contributed by atoms with Crippen molar-refractivity contribution < 1.29 is 38.1 Å². The Hall–Kier alpha value is -2.20. The van der Waals surface area contributed by atoms with E-state index in [4.69, 9.17) is 18.9 Å². The van der Waals surface area contributed by atoms with Crippen molar-refractivity contribution in [2.75, 3.05) is 40.4 Å². The fourth-order valence-corrected chi connectivity index (χ4v) is 6.44. The molecule has 0 aromatic carbocycles. The molecule has 0 rings (SSSR count). The molecule has 318 valence electrons. The number of nitrogens with zero attached hydrogens (tertiary/aromatic N) is 1. The lowest BCUT2D eigenvalue weighted by molar-refractivity contribution is -0.151. The van der Waals surface area contributed by atoms with Gasteiger partial charge in [0.15, 0.2) is 0 Å². The number of hydrogen-bond acceptors (Lipinski definition) is 10. The van der Waals surface area contributed by atoms with Gasteiger partial charge in [-0.2, -0.15) is 0 Å². The number of nitrogens with one attached hydrogen (secondary N) is 1. The molecule has 0 aliphatic rings. The molecule has 0 bridgehead atoms. The van der Waals surface area contributed by atoms with E-state index in [1.165, 1.54) is 38.5 Å². The minimum absolute atomic E-state index is 0.0390. The number of ether oxygens (including phenoxy) is 4. The first kappa shape index (κ1) is 51.8. The van der Waals surface area contributed by atoms with Crippen LogP contribution in [0.3, 0.4) is 0 Å². The number of unbranched alkanes of at least 4 members (excludes halogenated alkanes) is 12. The molecule has 10 nitrogen and oxygen atoms in total. The van der Waals surface area contributed by atoms with Crippen LogP contribution < -0.4 is 5.32 Å². The Bertz CT molecular complexity index is 851. The van der Waals surface area contributed by atoms with Crippen LogP contribution in [0.15, 0.2) is 0 Å². The second kappa shape index (κ2) is 37.7. The maximum Gasteiger partial charge on any atom is 0.306 e. The van der Waals surface area contributed by atoms with Crippen LogP contribution in [-0.2, 0) is 38.1 Å². The summed E-state index contributed by atoms with van der Waals surface area (Å²) in [6, 6.07) is -0.275. The van der Waals surface area contributed by atoms with E-state index in [-0.39, 0.29) is 55.3 Å². The lowest BCUT2D eigenvalue weighted by Crippen LogP contribution is -2.40. The summed E-state index contributed by atoms with van der Waals surface area (Å²) in [5, 5.41) is 3.38. The second-order valence-electron chi connectivity index (χ2n) is 15.5. The van der Waals surface area contributed by atoms with Crippen molar-refractivity contribution in [3.63, 3.8) is 0 Å². The fourth-order valence-electron chi connectivity index (χ4n) is 6.44. The molecule has 2 atom stereocenters. The lowest BCUT2D eigenvalue weighted by Gasteiger charge is -2.19. The van der Waals surface area contributed by atoms with Gasteiger partial charge in [0.2, 0.25) is 0 Å². The van der Waals surface area contributed by atoms with Crippen LogP contribution >= 0.6 is 0 Å². The van der Waals surface area contributed by atoms with E-state index < -0.39 is 0 Å². The van der Waals surface area contributed by atoms with Crippen LogP contribution in [0.5, 0.6) is 0 Å². The Morgan fingerprint density at radius 2 is 0.852 bits per heavy atom. The fraction of sp³-hybridized carbons (Fsp3) is 0.909. The maximum atomic E-state index is 12.5. The topological polar surface area (TPSA) is 120 Å². The largest absolute Gasteiger partial charge is 0.464 e. The average molecular weight is 769 g/mol. The lowest BCUT2D eigenvalue weighted by atomic mass is 10.1. The quantitative estimate of drug-likeness (QED) is 0.0368. The molecule has 1 N–H and O–H groups in total. The van der Waals surface area contributed by atoms with Gasteiger partial charge in [0.1, 0.15) is 25.4 Å². The zero-order valence-corrected chi connectivity index (χ0v) is 35.9. The van der Waals surface area contributed by atoms with Crippen LogP contribution in [0, 0.1) is 0 Å². The van der Waals surface area contributed by atoms with Gasteiger partial charge in [0, 0.05) is 25.7 Å². The molecular formula is C44H84N2O8. The van der Waals surface area contributed by atoms with Crippen LogP contribution in [0.25, 0.3) is 0 Å². The number of rotatable bonds is 39. The SMILES string of the molecule is CCCCCCC(CCC)OC(=O)CCCCCCC(=O)OCC(COC(=O)CCCCCCC(=O)OC(CCC)CCCCCC)NCCCN(C)C. The van der Waals surface area contributed by atoms with Crippen LogP contribution in [-0.4, -0.2) is 87.4 Å². The number of carbonyl (C=O) groups excluding carboxylic acids is 4. The van der Waals surface area contributed by atoms with Gasteiger partial charge in [0.25, 0.3) is 0 Å². The first-order valence-corrected chi connectivity index (χ1v) is 22.2. The van der Waals surface area contributed by atoms with E-state index in [2.05, 4.69) is 37.9 Å². The standard InChI is InChI=1S/C44H84N2O8/c1-7-11-13-19-28-39(26-9-3)53-43(49)32-23-17-15-21-30-41(47)51-36-38(45-34-25-35-46(5)6)37-52-42(48)31-22-16-18-24-33-44(50)54-40(27-10-4)29-20-14-12-8-2/h38-40,45H,7-37H2,1-6H3. The van der Waals surface area contributed by atoms with Crippen molar-refractivity contribution in [3.05, 3.63) is 0 Å². The smallest absolute Gasteiger partial charge is 0.306 e. The molecule has 0 aliphatic carbocycles. The average Bonchev–Trinajstić information content (AvgIpc) is 3.13. The first-order chi connectivity index (χ1) is 26.1. The van der Waals surface area contributed by atoms with Crippen LogP contribution in [0.4, 0.5) is 0 Å². The molecule has 54 heavy (non-hydrogen) atoms. The highest BCUT2D eigenvalue weighted by atomic mass is 16.6. The van der Waals surface area contributed by atoms with Crippen molar-refractivity contribution in [3.8, 4) is 0 Å². The first-order valence-electron chi connectivity index (χ1n) is 22.2. The third kappa shape index (κ3) is 34.3. The van der Waals surface area contributed by atoms with Gasteiger partial charge in [-0.3, -0.25) is 19.2 Å². The van der Waals surface area contributed by atoms with Gasteiger partial charge in [0.05, 0.1) is 6.04 Å². The normalized spacial score (nSPS) is 13.0. The highest BCUT2D eigenvalue weighted by Crippen LogP contribution is 2.17. The molecule has 0 aliphatic heterocycles. The summed E-state index contributed by atoms with van der Waals surface area (Å²) in [4.78, 5) is 51.9. The summed E-state index contributed by atoms with van der Waals surface area (Å²) in [5.41, 5.74) is 0. The van der Waals surface area contributed by atoms with E-state index in [9.17, 15) is 19.2 Å². The second-order valence-corrected chi connectivity index (χ2v) is 15.5. The molecule has 0 saturated carbocycles. The third-order valence-corrected chi connectivity index (χ3v) is 9.71. The molecule has 0 amide bonds. The van der Waals surface area contributed by atoms with E-state index in [1.807, 2.05) is 14.1 Å². The van der Waals surface area contributed by atoms with Crippen molar-refractivity contribution in [1.29, 1.82) is 0 Å². The van der Waals surface area contributed by atoms with Gasteiger partial charge < -0.3 is 29.2 Å². The number of esters is 4. The number of carbonyl (C=O) groups is 4. The van der Waals surface area contributed by atoms with Gasteiger partial charge in [-0.05, 0) is 97.8 Å². The molecule has 0 fully saturated rings. The molecule has 0 radical (unpaired) electrons. The third-order valence-electron chi connectivity index (χ3n) is 9.71. The number of hydrogen-bond donors (Lipinski definition) is 1. The van der Waals surface area contributed by atoms with Gasteiger partial charge >= 0.3 is 23.9 Å². The highest BCUT2D eigenvalue weighted by Gasteiger charge is 2.17. The monoisotopic (exact) mass is 769 g/mol. The van der Waals surface area contributed by atoms with Gasteiger partial charge in [-0.1, -0.05) is 105 Å². The Morgan fingerprint density at radius 1 is 0.463 bits per heavy atom. The summed E-state index contributed by atoms with van der Waals surface area (Å²) < 4.78 is 22.6. The Kier molecular flexibility index (Phi) is 36.2. The van der Waals surface area contributed by atoms with Crippen LogP contribution in [0.1, 0.15) is 201 Å². The van der Waals surface area contributed by atoms with E-state index in [1.54, 1.807) is 0 Å². The zero-order chi connectivity index (χ0) is 40.1. The summed E-state index contributed by atoms with van der Waals surface area (Å²) in [6.45, 7) is 10.6. The molecule has 0 aromatic heterocycles. The minimum Gasteiger partial charge on any atom is -0.464 e. The minimum atomic E-state index is -0.275. The van der Waals surface area contributed by atoms with Crippen LogP contribution in [0.2, 0.25) is 0 Å². The molecule has 10 heteroatoms. The Balaban J connectivity index is 4.33. The van der Waals surface area contributed by atoms with Gasteiger partial charge in [-0.25, -0.2) is 0 Å². The van der Waals surface area contributed by atoms with Gasteiger partial charge in [-0.15, -0.1) is 0 Å². The van der Waals surface area contributed by atoms with E-state index in [0.717, 1.165) is 109 Å². The van der Waals surface area contributed by atoms with E-state index in [0.29, 0.717) is 38.5 Å². The molecule has 0 aromatic rings. The molecule has 0 spiro atoms. The summed E-state index contributed by atoms with van der Waals surface area (Å²) in [5.74, 6) is -0.733. The predicted octanol–water partition coefficient (Wildman–Crippen LogP) is 10.0. The molecule has 2 unspecified atom stereocenters. The summed E-state index contributed by atoms with van der Waals surface area (Å²) >= 11 is 0. The molecule has 0 saturated heterocycles. The Labute approximate surface area is 331 Å². The summed E-state index contributed by atoms with van der Waals surface area (Å²) in [6.07, 6.45) is 24.2. The maximum absolute atomic E-state index is 12.5. The van der Waals surface area contributed by atoms with E-state index >= 15 is 0 Å². The highest BCUT2D eigenvalue weighted by molar-refractivity contribution is 5.70. The van der Waals surface area contributed by atoms with Crippen molar-refractivity contribution >= 4 is 23.9 Å². The zero-order valence-electron chi connectivity index (χ0n) is 35.9. The van der Waals surface area contributed by atoms with Crippen molar-refractivity contribution in [2.24, 2.45) is 0 Å². The van der Waals surface area contributed by atoms with Crippen molar-refractivity contribution in [1.82, 2.24) is 10.2 Å². The van der Waals surface area contributed by atoms with Crippen molar-refractivity contribution in [2.45, 2.75) is 219 Å². The Morgan fingerprint density at radius 3 is 1.22 bits per heavy atom. The predicted molar refractivity (Wildman–Crippen MR) is 219 cm³/mol. The summed E-state index contributed by atoms with van der Waals surface area (Å²) in [7, 11) is 4.05. The molecular weight excluding hydrogens is 684 g/mol. The molecule has 0 heterocycles.